The first-order chi connectivity index (χ1) is 7.20. The molecule has 0 radical (unpaired) electrons. The van der Waals surface area contributed by atoms with Gasteiger partial charge in [0, 0.05) is 10.0 Å². The fourth-order valence-corrected chi connectivity index (χ4v) is 1.82. The zero-order chi connectivity index (χ0) is 10.8. The Hall–Kier alpha value is -0.840. The number of nitrogens with one attached hydrogen (secondary N) is 1. The normalized spacial score (nSPS) is 10.6. The highest BCUT2D eigenvalue weighted by Gasteiger charge is 2.09. The first kappa shape index (κ1) is 10.7. The zero-order valence-electron chi connectivity index (χ0n) is 7.80. The maximum atomic E-state index is 6.01. The molecule has 0 bridgehead atoms. The molecule has 1 aromatic carbocycles. The molecule has 0 fully saturated rings. The van der Waals surface area contributed by atoms with Crippen molar-refractivity contribution < 1.29 is 0 Å². The summed E-state index contributed by atoms with van der Waals surface area (Å²) >= 11 is 9.39. The summed E-state index contributed by atoms with van der Waals surface area (Å²) in [6.45, 7) is 0.357. The molecule has 15 heavy (non-hydrogen) atoms. The highest BCUT2D eigenvalue weighted by Crippen LogP contribution is 2.26. The molecule has 0 unspecified atom stereocenters. The molecule has 1 aromatic heterocycles. The SMILES string of the molecule is NCc1nc(-c2ccc(Br)cc2)c(Cl)[nH]1. The summed E-state index contributed by atoms with van der Waals surface area (Å²) in [5, 5.41) is 0.526. The third-order valence-electron chi connectivity index (χ3n) is 2.02. The summed E-state index contributed by atoms with van der Waals surface area (Å²) in [5.74, 6) is 0.693. The van der Waals surface area contributed by atoms with Crippen LogP contribution in [0.5, 0.6) is 0 Å². The molecule has 0 aliphatic rings. The first-order valence-corrected chi connectivity index (χ1v) is 5.58. The largest absolute Gasteiger partial charge is 0.331 e. The van der Waals surface area contributed by atoms with E-state index >= 15 is 0 Å². The quantitative estimate of drug-likeness (QED) is 0.892. The van der Waals surface area contributed by atoms with Gasteiger partial charge in [0.25, 0.3) is 0 Å². The average molecular weight is 287 g/mol. The van der Waals surface area contributed by atoms with E-state index in [1.54, 1.807) is 0 Å². The molecule has 0 aliphatic carbocycles. The Morgan fingerprint density at radius 3 is 2.53 bits per heavy atom. The van der Waals surface area contributed by atoms with Crippen LogP contribution in [0, 0.1) is 0 Å². The Kier molecular flexibility index (Phi) is 3.09. The second-order valence-corrected chi connectivity index (χ2v) is 4.35. The lowest BCUT2D eigenvalue weighted by molar-refractivity contribution is 0.951. The van der Waals surface area contributed by atoms with Gasteiger partial charge < -0.3 is 10.7 Å². The van der Waals surface area contributed by atoms with Gasteiger partial charge in [0.2, 0.25) is 0 Å². The Labute approximate surface area is 101 Å². The van der Waals surface area contributed by atoms with Crippen LogP contribution in [0.3, 0.4) is 0 Å². The smallest absolute Gasteiger partial charge is 0.134 e. The van der Waals surface area contributed by atoms with Crippen LogP contribution in [-0.4, -0.2) is 9.97 Å². The molecule has 0 saturated heterocycles. The lowest BCUT2D eigenvalue weighted by atomic mass is 10.2. The summed E-state index contributed by atoms with van der Waals surface area (Å²) in [5.41, 5.74) is 7.19. The third kappa shape index (κ3) is 2.22. The van der Waals surface area contributed by atoms with Gasteiger partial charge in [-0.2, -0.15) is 0 Å². The van der Waals surface area contributed by atoms with Gasteiger partial charge >= 0.3 is 0 Å². The number of aromatic amines is 1. The van der Waals surface area contributed by atoms with Gasteiger partial charge in [0.1, 0.15) is 16.7 Å². The van der Waals surface area contributed by atoms with Crippen molar-refractivity contribution in [1.82, 2.24) is 9.97 Å². The second-order valence-electron chi connectivity index (χ2n) is 3.06. The Balaban J connectivity index is 2.44. The van der Waals surface area contributed by atoms with E-state index in [0.717, 1.165) is 15.7 Å². The number of nitrogens with two attached hydrogens (primary N) is 1. The monoisotopic (exact) mass is 285 g/mol. The summed E-state index contributed by atoms with van der Waals surface area (Å²) in [7, 11) is 0. The number of imidazole rings is 1. The topological polar surface area (TPSA) is 54.7 Å². The highest BCUT2D eigenvalue weighted by molar-refractivity contribution is 9.10. The van der Waals surface area contributed by atoms with Crippen molar-refractivity contribution in [1.29, 1.82) is 0 Å². The van der Waals surface area contributed by atoms with Gasteiger partial charge in [-0.25, -0.2) is 4.98 Å². The molecule has 3 N–H and O–H groups in total. The van der Waals surface area contributed by atoms with Crippen LogP contribution in [0.15, 0.2) is 28.7 Å². The predicted molar refractivity (Wildman–Crippen MR) is 64.6 cm³/mol. The van der Waals surface area contributed by atoms with Crippen molar-refractivity contribution in [2.75, 3.05) is 0 Å². The standard InChI is InChI=1S/C10H9BrClN3/c11-7-3-1-6(2-4-7)9-10(12)15-8(5-13)14-9/h1-4H,5,13H2,(H,14,15). The van der Waals surface area contributed by atoms with E-state index in [1.807, 2.05) is 24.3 Å². The number of H-pyrrole nitrogens is 1. The summed E-state index contributed by atoms with van der Waals surface area (Å²) in [4.78, 5) is 7.23. The van der Waals surface area contributed by atoms with Crippen molar-refractivity contribution in [2.45, 2.75) is 6.54 Å². The Bertz CT molecular complexity index is 464. The van der Waals surface area contributed by atoms with Gasteiger partial charge in [0.05, 0.1) is 6.54 Å². The highest BCUT2D eigenvalue weighted by atomic mass is 79.9. The molecule has 0 saturated carbocycles. The predicted octanol–water partition coefficient (Wildman–Crippen LogP) is 2.95. The van der Waals surface area contributed by atoms with Crippen molar-refractivity contribution in [2.24, 2.45) is 5.73 Å². The van der Waals surface area contributed by atoms with Crippen LogP contribution in [-0.2, 0) is 6.54 Å². The fraction of sp³-hybridized carbons (Fsp3) is 0.100. The van der Waals surface area contributed by atoms with E-state index < -0.39 is 0 Å². The summed E-state index contributed by atoms with van der Waals surface area (Å²) in [6.07, 6.45) is 0. The van der Waals surface area contributed by atoms with Crippen molar-refractivity contribution in [3.05, 3.63) is 39.7 Å². The number of hydrogen-bond acceptors (Lipinski definition) is 2. The number of rotatable bonds is 2. The lowest BCUT2D eigenvalue weighted by Gasteiger charge is -1.97. The van der Waals surface area contributed by atoms with E-state index in [2.05, 4.69) is 25.9 Å². The van der Waals surface area contributed by atoms with Crippen LogP contribution in [0.4, 0.5) is 0 Å². The minimum atomic E-state index is 0.357. The van der Waals surface area contributed by atoms with Crippen molar-refractivity contribution in [3.63, 3.8) is 0 Å². The summed E-state index contributed by atoms with van der Waals surface area (Å²) in [6, 6.07) is 7.80. The van der Waals surface area contributed by atoms with Crippen LogP contribution in [0.1, 0.15) is 5.82 Å². The van der Waals surface area contributed by atoms with E-state index in [1.165, 1.54) is 0 Å². The molecule has 0 spiro atoms. The van der Waals surface area contributed by atoms with Gasteiger partial charge in [-0.1, -0.05) is 39.7 Å². The first-order valence-electron chi connectivity index (χ1n) is 4.41. The molecule has 0 amide bonds. The van der Waals surface area contributed by atoms with E-state index in [9.17, 15) is 0 Å². The number of nitrogens with zero attached hydrogens (tertiary/aromatic N) is 1. The molecule has 0 aliphatic heterocycles. The average Bonchev–Trinajstić information content (AvgIpc) is 2.61. The van der Waals surface area contributed by atoms with E-state index in [4.69, 9.17) is 17.3 Å². The molecule has 2 aromatic rings. The molecule has 78 valence electrons. The Morgan fingerprint density at radius 2 is 2.00 bits per heavy atom. The second kappa shape index (κ2) is 4.35. The molecule has 5 heteroatoms. The van der Waals surface area contributed by atoms with Gasteiger partial charge in [-0.15, -0.1) is 0 Å². The van der Waals surface area contributed by atoms with Crippen molar-refractivity contribution in [3.8, 4) is 11.3 Å². The molecule has 2 rings (SSSR count). The summed E-state index contributed by atoms with van der Waals surface area (Å²) < 4.78 is 1.02. The fourth-order valence-electron chi connectivity index (χ4n) is 1.29. The molecular formula is C10H9BrClN3. The van der Waals surface area contributed by atoms with Crippen LogP contribution < -0.4 is 5.73 Å². The Morgan fingerprint density at radius 1 is 1.33 bits per heavy atom. The van der Waals surface area contributed by atoms with Gasteiger partial charge in [-0.05, 0) is 12.1 Å². The van der Waals surface area contributed by atoms with E-state index in [-0.39, 0.29) is 0 Å². The maximum Gasteiger partial charge on any atom is 0.134 e. The van der Waals surface area contributed by atoms with Crippen LogP contribution in [0.25, 0.3) is 11.3 Å². The number of halogens is 2. The minimum absolute atomic E-state index is 0.357. The minimum Gasteiger partial charge on any atom is -0.331 e. The van der Waals surface area contributed by atoms with Gasteiger partial charge in [0.15, 0.2) is 0 Å². The number of benzene rings is 1. The molecule has 3 nitrogen and oxygen atoms in total. The maximum absolute atomic E-state index is 6.01. The number of aromatic nitrogens is 2. The van der Waals surface area contributed by atoms with Crippen LogP contribution in [0.2, 0.25) is 5.15 Å². The molecule has 0 atom stereocenters. The van der Waals surface area contributed by atoms with Crippen LogP contribution >= 0.6 is 27.5 Å². The zero-order valence-corrected chi connectivity index (χ0v) is 10.1. The van der Waals surface area contributed by atoms with E-state index in [0.29, 0.717) is 17.5 Å². The molecule has 1 heterocycles. The third-order valence-corrected chi connectivity index (χ3v) is 2.82. The van der Waals surface area contributed by atoms with Crippen molar-refractivity contribution >= 4 is 27.5 Å². The lowest BCUT2D eigenvalue weighted by Crippen LogP contribution is -1.97. The molecular weight excluding hydrogens is 277 g/mol. The van der Waals surface area contributed by atoms with Gasteiger partial charge in [-0.3, -0.25) is 0 Å². The number of hydrogen-bond donors (Lipinski definition) is 2.